The van der Waals surface area contributed by atoms with Crippen molar-refractivity contribution in [2.24, 2.45) is 0 Å². The van der Waals surface area contributed by atoms with E-state index >= 15 is 0 Å². The molecule has 26 heavy (non-hydrogen) atoms. The van der Waals surface area contributed by atoms with E-state index in [1.54, 1.807) is 18.2 Å². The van der Waals surface area contributed by atoms with Crippen LogP contribution >= 0.6 is 0 Å². The van der Waals surface area contributed by atoms with Gasteiger partial charge >= 0.3 is 0 Å². The summed E-state index contributed by atoms with van der Waals surface area (Å²) in [5.74, 6) is -0.0157. The third-order valence-corrected chi connectivity index (χ3v) is 5.32. The Kier molecular flexibility index (Phi) is 4.78. The lowest BCUT2D eigenvalue weighted by molar-refractivity contribution is -0.0794. The van der Waals surface area contributed by atoms with Crippen LogP contribution in [0.25, 0.3) is 0 Å². The monoisotopic (exact) mass is 358 g/mol. The molecule has 5 nitrogen and oxygen atoms in total. The van der Waals surface area contributed by atoms with E-state index in [9.17, 15) is 9.18 Å². The molecule has 4 rings (SSSR count). The summed E-state index contributed by atoms with van der Waals surface area (Å²) in [5.41, 5.74) is 0.452. The maximum Gasteiger partial charge on any atom is 0.287 e. The number of hydrogen-bond donors (Lipinski definition) is 1. The molecule has 1 spiro atoms. The first-order chi connectivity index (χ1) is 12.6. The molecule has 1 aromatic heterocycles. The van der Waals surface area contributed by atoms with Crippen molar-refractivity contribution in [2.75, 3.05) is 19.7 Å². The Balaban J connectivity index is 1.36. The fraction of sp³-hybridized carbons (Fsp3) is 0.450. The predicted molar refractivity (Wildman–Crippen MR) is 94.2 cm³/mol. The Morgan fingerprint density at radius 3 is 3.00 bits per heavy atom. The largest absolute Gasteiger partial charge is 0.459 e. The number of carbonyl (C=O) groups is 1. The van der Waals surface area contributed by atoms with Crippen molar-refractivity contribution in [3.63, 3.8) is 0 Å². The van der Waals surface area contributed by atoms with Crippen LogP contribution in [0.15, 0.2) is 47.1 Å². The van der Waals surface area contributed by atoms with Crippen LogP contribution < -0.4 is 5.32 Å². The number of likely N-dealkylation sites (tertiary alicyclic amines) is 1. The lowest BCUT2D eigenvalue weighted by atomic mass is 9.89. The van der Waals surface area contributed by atoms with E-state index in [0.29, 0.717) is 24.5 Å². The minimum absolute atomic E-state index is 0.0646. The number of hydrogen-bond acceptors (Lipinski definition) is 4. The van der Waals surface area contributed by atoms with Crippen molar-refractivity contribution in [3.05, 3.63) is 59.8 Å². The topological polar surface area (TPSA) is 54.7 Å². The van der Waals surface area contributed by atoms with Crippen LogP contribution in [0.4, 0.5) is 4.39 Å². The molecule has 2 aromatic rings. The van der Waals surface area contributed by atoms with Crippen LogP contribution in [0.1, 0.15) is 35.4 Å². The quantitative estimate of drug-likeness (QED) is 0.913. The smallest absolute Gasteiger partial charge is 0.287 e. The number of ether oxygens (including phenoxy) is 1. The average molecular weight is 358 g/mol. The molecular formula is C20H23FN2O3. The summed E-state index contributed by atoms with van der Waals surface area (Å²) in [6.45, 7) is 2.83. The number of nitrogens with zero attached hydrogens (tertiary/aromatic N) is 1. The fourth-order valence-corrected chi connectivity index (χ4v) is 4.03. The molecule has 0 radical (unpaired) electrons. The number of nitrogens with one attached hydrogen (secondary N) is 1. The van der Waals surface area contributed by atoms with Gasteiger partial charge in [-0.25, -0.2) is 4.39 Å². The second-order valence-electron chi connectivity index (χ2n) is 7.22. The van der Waals surface area contributed by atoms with Crippen molar-refractivity contribution in [2.45, 2.75) is 37.5 Å². The van der Waals surface area contributed by atoms with Crippen molar-refractivity contribution >= 4 is 5.91 Å². The zero-order valence-corrected chi connectivity index (χ0v) is 14.6. The van der Waals surface area contributed by atoms with Gasteiger partial charge in [-0.2, -0.15) is 0 Å². The van der Waals surface area contributed by atoms with Gasteiger partial charge in [0.25, 0.3) is 5.91 Å². The molecule has 138 valence electrons. The fourth-order valence-electron chi connectivity index (χ4n) is 4.03. The molecule has 3 heterocycles. The average Bonchev–Trinajstić information content (AvgIpc) is 3.28. The van der Waals surface area contributed by atoms with Gasteiger partial charge < -0.3 is 14.5 Å². The first-order valence-corrected chi connectivity index (χ1v) is 9.08. The normalized spacial score (nSPS) is 26.3. The molecule has 2 saturated heterocycles. The van der Waals surface area contributed by atoms with Gasteiger partial charge in [0.2, 0.25) is 0 Å². The summed E-state index contributed by atoms with van der Waals surface area (Å²) in [4.78, 5) is 14.5. The number of amides is 1. The van der Waals surface area contributed by atoms with Gasteiger partial charge in [-0.05, 0) is 37.5 Å². The third kappa shape index (κ3) is 3.66. The predicted octanol–water partition coefficient (Wildman–Crippen LogP) is 2.97. The van der Waals surface area contributed by atoms with Crippen LogP contribution in [0.2, 0.25) is 0 Å². The maximum atomic E-state index is 13.9. The highest BCUT2D eigenvalue weighted by Crippen LogP contribution is 2.35. The van der Waals surface area contributed by atoms with Crippen molar-refractivity contribution in [1.82, 2.24) is 10.2 Å². The van der Waals surface area contributed by atoms with Crippen LogP contribution in [0.5, 0.6) is 0 Å². The Hall–Kier alpha value is -2.18. The molecule has 2 atom stereocenters. The molecule has 2 aliphatic heterocycles. The number of benzene rings is 1. The number of furan rings is 1. The SMILES string of the molecule is O=C(N[C@H]1CCO[C@@]2(CCN(Cc3ccccc3F)C2)C1)c1ccco1. The lowest BCUT2D eigenvalue weighted by Gasteiger charge is -2.38. The molecule has 0 aliphatic carbocycles. The Labute approximate surface area is 152 Å². The summed E-state index contributed by atoms with van der Waals surface area (Å²) in [6, 6.07) is 10.3. The molecular weight excluding hydrogens is 335 g/mol. The second-order valence-corrected chi connectivity index (χ2v) is 7.22. The van der Waals surface area contributed by atoms with Crippen molar-refractivity contribution < 1.29 is 18.3 Å². The standard InChI is InChI=1S/C20H23FN2O3/c21-17-5-2-1-4-15(17)13-23-9-8-20(14-23)12-16(7-11-26-20)22-19(24)18-6-3-10-25-18/h1-6,10,16H,7-9,11-14H2,(H,22,24)/t16-,20-/m0/s1. The zero-order valence-electron chi connectivity index (χ0n) is 14.6. The van der Waals surface area contributed by atoms with E-state index in [4.69, 9.17) is 9.15 Å². The van der Waals surface area contributed by atoms with Gasteiger partial charge in [-0.3, -0.25) is 9.69 Å². The Morgan fingerprint density at radius 1 is 1.31 bits per heavy atom. The van der Waals surface area contributed by atoms with Gasteiger partial charge in [0.05, 0.1) is 11.9 Å². The first kappa shape index (κ1) is 17.2. The van der Waals surface area contributed by atoms with E-state index < -0.39 is 0 Å². The van der Waals surface area contributed by atoms with Crippen LogP contribution in [-0.2, 0) is 11.3 Å². The summed E-state index contributed by atoms with van der Waals surface area (Å²) in [6.07, 6.45) is 3.96. The van der Waals surface area contributed by atoms with Crippen LogP contribution in [0.3, 0.4) is 0 Å². The van der Waals surface area contributed by atoms with Crippen molar-refractivity contribution in [1.29, 1.82) is 0 Å². The second kappa shape index (κ2) is 7.21. The highest BCUT2D eigenvalue weighted by Gasteiger charge is 2.43. The summed E-state index contributed by atoms with van der Waals surface area (Å²) in [7, 11) is 0. The minimum Gasteiger partial charge on any atom is -0.459 e. The molecule has 2 aliphatic rings. The van der Waals surface area contributed by atoms with Gasteiger partial charge in [0, 0.05) is 37.8 Å². The number of carbonyl (C=O) groups excluding carboxylic acids is 1. The van der Waals surface area contributed by atoms with E-state index in [1.165, 1.54) is 12.3 Å². The molecule has 0 bridgehead atoms. The van der Waals surface area contributed by atoms with Crippen LogP contribution in [0, 0.1) is 5.82 Å². The minimum atomic E-state index is -0.259. The summed E-state index contributed by atoms with van der Waals surface area (Å²) < 4.78 is 25.2. The third-order valence-electron chi connectivity index (χ3n) is 5.32. The summed E-state index contributed by atoms with van der Waals surface area (Å²) in [5, 5.41) is 3.05. The van der Waals surface area contributed by atoms with Crippen LogP contribution in [-0.4, -0.2) is 42.1 Å². The van der Waals surface area contributed by atoms with Crippen molar-refractivity contribution in [3.8, 4) is 0 Å². The van der Waals surface area contributed by atoms with Gasteiger partial charge in [0.15, 0.2) is 5.76 Å². The van der Waals surface area contributed by atoms with E-state index in [1.807, 2.05) is 12.1 Å². The highest BCUT2D eigenvalue weighted by molar-refractivity contribution is 5.91. The van der Waals surface area contributed by atoms with Gasteiger partial charge in [-0.1, -0.05) is 18.2 Å². The molecule has 6 heteroatoms. The Morgan fingerprint density at radius 2 is 2.19 bits per heavy atom. The molecule has 0 unspecified atom stereocenters. The van der Waals surface area contributed by atoms with E-state index in [-0.39, 0.29) is 23.4 Å². The lowest BCUT2D eigenvalue weighted by Crippen LogP contribution is -2.49. The van der Waals surface area contributed by atoms with E-state index in [2.05, 4.69) is 10.2 Å². The highest BCUT2D eigenvalue weighted by atomic mass is 19.1. The molecule has 2 fully saturated rings. The summed E-state index contributed by atoms with van der Waals surface area (Å²) >= 11 is 0. The van der Waals surface area contributed by atoms with E-state index in [0.717, 1.165) is 32.4 Å². The Bertz CT molecular complexity index is 764. The maximum absolute atomic E-state index is 13.9. The number of rotatable bonds is 4. The van der Waals surface area contributed by atoms with Gasteiger partial charge in [-0.15, -0.1) is 0 Å². The first-order valence-electron chi connectivity index (χ1n) is 9.08. The molecule has 1 amide bonds. The van der Waals surface area contributed by atoms with Gasteiger partial charge in [0.1, 0.15) is 5.82 Å². The molecule has 1 N–H and O–H groups in total. The molecule has 0 saturated carbocycles. The number of halogens is 1. The zero-order chi connectivity index (χ0) is 18.0. The molecule has 1 aromatic carbocycles.